The predicted molar refractivity (Wildman–Crippen MR) is 93.4 cm³/mol. The van der Waals surface area contributed by atoms with Crippen LogP contribution in [0.15, 0.2) is 41.3 Å². The second-order valence-electron chi connectivity index (χ2n) is 5.77. The fraction of sp³-hybridized carbons (Fsp3) is 0.235. The Morgan fingerprint density at radius 2 is 2.04 bits per heavy atom. The molecule has 2 aromatic rings. The van der Waals surface area contributed by atoms with Gasteiger partial charge in [-0.05, 0) is 31.2 Å². The number of anilines is 1. The van der Waals surface area contributed by atoms with Gasteiger partial charge in [0.2, 0.25) is 0 Å². The summed E-state index contributed by atoms with van der Waals surface area (Å²) in [7, 11) is -3.90. The summed E-state index contributed by atoms with van der Waals surface area (Å²) in [5.74, 6) is 0.748. The highest BCUT2D eigenvalue weighted by Gasteiger charge is 2.27. The molecule has 139 valence electrons. The number of rotatable bonds is 6. The van der Waals surface area contributed by atoms with Crippen molar-refractivity contribution in [1.29, 1.82) is 0 Å². The van der Waals surface area contributed by atoms with Crippen LogP contribution < -0.4 is 20.7 Å². The molecule has 0 spiro atoms. The van der Waals surface area contributed by atoms with Gasteiger partial charge >= 0.3 is 0 Å². The third-order valence-corrected chi connectivity index (χ3v) is 5.13. The van der Waals surface area contributed by atoms with Crippen LogP contribution in [0.3, 0.4) is 0 Å². The number of hydroxylamine groups is 1. The van der Waals surface area contributed by atoms with Crippen molar-refractivity contribution in [2.45, 2.75) is 17.9 Å². The summed E-state index contributed by atoms with van der Waals surface area (Å²) >= 11 is 0. The number of nitrogen functional groups attached to an aromatic ring is 1. The Kier molecular flexibility index (Phi) is 5.33. The molecule has 4 N–H and O–H groups in total. The first-order valence-corrected chi connectivity index (χ1v) is 9.22. The summed E-state index contributed by atoms with van der Waals surface area (Å²) in [5.41, 5.74) is 9.48. The van der Waals surface area contributed by atoms with E-state index in [9.17, 15) is 8.42 Å². The lowest BCUT2D eigenvalue weighted by molar-refractivity contribution is 0.0546. The number of fused-ring (bicyclic) bond motifs is 1. The van der Waals surface area contributed by atoms with E-state index in [1.165, 1.54) is 18.7 Å². The molecule has 0 amide bonds. The molecule has 9 heteroatoms. The van der Waals surface area contributed by atoms with E-state index in [0.717, 1.165) is 5.56 Å². The molecule has 26 heavy (non-hydrogen) atoms. The van der Waals surface area contributed by atoms with E-state index < -0.39 is 16.2 Å². The van der Waals surface area contributed by atoms with Crippen LogP contribution in [-0.2, 0) is 14.3 Å². The van der Waals surface area contributed by atoms with Crippen molar-refractivity contribution in [3.63, 3.8) is 0 Å². The Hall–Kier alpha value is -2.33. The molecule has 0 aliphatic carbocycles. The van der Waals surface area contributed by atoms with Crippen molar-refractivity contribution in [3.05, 3.63) is 54.1 Å². The normalized spacial score (nSPS) is 16.5. The van der Waals surface area contributed by atoms with Gasteiger partial charge in [0.1, 0.15) is 13.2 Å². The smallest absolute Gasteiger partial charge is 0.297 e. The van der Waals surface area contributed by atoms with E-state index in [1.807, 2.05) is 12.4 Å². The molecule has 0 aromatic heterocycles. The molecule has 0 saturated heterocycles. The van der Waals surface area contributed by atoms with Crippen LogP contribution in [0.25, 0.3) is 0 Å². The number of hydrogen-bond donors (Lipinski definition) is 3. The van der Waals surface area contributed by atoms with Crippen LogP contribution in [0.5, 0.6) is 11.5 Å². The second-order valence-corrected chi connectivity index (χ2v) is 7.39. The number of hydrogen-bond acceptors (Lipinski definition) is 8. The molecule has 1 radical (unpaired) electrons. The summed E-state index contributed by atoms with van der Waals surface area (Å²) in [6, 6.07) is 9.61. The Morgan fingerprint density at radius 3 is 2.73 bits per heavy atom. The van der Waals surface area contributed by atoms with Gasteiger partial charge < -0.3 is 20.4 Å². The van der Waals surface area contributed by atoms with Crippen molar-refractivity contribution in [3.8, 4) is 11.5 Å². The zero-order chi connectivity index (χ0) is 18.7. The van der Waals surface area contributed by atoms with Crippen LogP contribution in [0.4, 0.5) is 5.69 Å². The van der Waals surface area contributed by atoms with Crippen LogP contribution in [-0.4, -0.2) is 32.9 Å². The monoisotopic (exact) mass is 379 g/mol. The SMILES string of the molecule is Cc1ccc(S(=O)(=O)OCC2COc3ccc(N)c([CH]NO)c3O2)cc1. The molecule has 8 nitrogen and oxygen atoms in total. The lowest BCUT2D eigenvalue weighted by atomic mass is 10.1. The molecule has 2 aromatic carbocycles. The fourth-order valence-electron chi connectivity index (χ4n) is 2.45. The summed E-state index contributed by atoms with van der Waals surface area (Å²) < 4.78 is 41.0. The van der Waals surface area contributed by atoms with Crippen molar-refractivity contribution in [2.75, 3.05) is 18.9 Å². The maximum absolute atomic E-state index is 12.3. The van der Waals surface area contributed by atoms with Gasteiger partial charge in [-0.1, -0.05) is 17.7 Å². The maximum Gasteiger partial charge on any atom is 0.297 e. The minimum Gasteiger partial charge on any atom is -0.486 e. The molecule has 3 rings (SSSR count). The molecular weight excluding hydrogens is 360 g/mol. The van der Waals surface area contributed by atoms with Crippen molar-refractivity contribution < 1.29 is 27.3 Å². The average molecular weight is 379 g/mol. The summed E-state index contributed by atoms with van der Waals surface area (Å²) in [5, 5.41) is 8.91. The van der Waals surface area contributed by atoms with E-state index in [1.54, 1.807) is 24.3 Å². The van der Waals surface area contributed by atoms with Gasteiger partial charge in [0.15, 0.2) is 17.6 Å². The topological polar surface area (TPSA) is 120 Å². The minimum absolute atomic E-state index is 0.0722. The fourth-order valence-corrected chi connectivity index (χ4v) is 3.38. The highest BCUT2D eigenvalue weighted by Crippen LogP contribution is 2.39. The Bertz CT molecular complexity index is 883. The molecule has 1 aliphatic heterocycles. The number of nitrogens with one attached hydrogen (secondary N) is 1. The van der Waals surface area contributed by atoms with Gasteiger partial charge in [-0.15, -0.1) is 0 Å². The second kappa shape index (κ2) is 7.50. The van der Waals surface area contributed by atoms with Gasteiger partial charge in [0.05, 0.1) is 11.4 Å². The summed E-state index contributed by atoms with van der Waals surface area (Å²) in [6.45, 7) is 3.01. The van der Waals surface area contributed by atoms with Gasteiger partial charge in [-0.2, -0.15) is 13.9 Å². The van der Waals surface area contributed by atoms with E-state index in [2.05, 4.69) is 0 Å². The van der Waals surface area contributed by atoms with Crippen LogP contribution in [0.2, 0.25) is 0 Å². The van der Waals surface area contributed by atoms with Gasteiger partial charge in [-0.25, -0.2) is 0 Å². The first-order chi connectivity index (χ1) is 12.4. The van der Waals surface area contributed by atoms with Crippen LogP contribution >= 0.6 is 0 Å². The van der Waals surface area contributed by atoms with E-state index in [0.29, 0.717) is 22.7 Å². The molecule has 1 aliphatic rings. The van der Waals surface area contributed by atoms with E-state index in [4.69, 9.17) is 24.6 Å². The zero-order valence-corrected chi connectivity index (χ0v) is 14.8. The number of benzene rings is 2. The summed E-state index contributed by atoms with van der Waals surface area (Å²) in [6.07, 6.45) is -0.657. The quantitative estimate of drug-likeness (QED) is 0.393. The predicted octanol–water partition coefficient (Wildman–Crippen LogP) is 1.61. The number of ether oxygens (including phenoxy) is 2. The highest BCUT2D eigenvalue weighted by atomic mass is 32.2. The van der Waals surface area contributed by atoms with E-state index in [-0.39, 0.29) is 18.1 Å². The van der Waals surface area contributed by atoms with E-state index >= 15 is 0 Å². The number of nitrogens with two attached hydrogens (primary N) is 1. The molecule has 0 fully saturated rings. The Labute approximate surface area is 151 Å². The van der Waals surface area contributed by atoms with Crippen molar-refractivity contribution in [2.24, 2.45) is 0 Å². The minimum atomic E-state index is -3.90. The van der Waals surface area contributed by atoms with Gasteiger partial charge in [0.25, 0.3) is 10.1 Å². The molecule has 0 bridgehead atoms. The average Bonchev–Trinajstić information content (AvgIpc) is 2.63. The Morgan fingerprint density at radius 1 is 1.31 bits per heavy atom. The molecular formula is C17H19N2O6S. The molecule has 1 atom stereocenters. The van der Waals surface area contributed by atoms with Crippen LogP contribution in [0.1, 0.15) is 11.1 Å². The third kappa shape index (κ3) is 3.91. The van der Waals surface area contributed by atoms with Crippen molar-refractivity contribution >= 4 is 15.8 Å². The van der Waals surface area contributed by atoms with Gasteiger partial charge in [-0.3, -0.25) is 4.18 Å². The lowest BCUT2D eigenvalue weighted by Gasteiger charge is -2.28. The molecule has 1 heterocycles. The molecule has 1 unspecified atom stereocenters. The Balaban J connectivity index is 1.71. The number of aryl methyl sites for hydroxylation is 1. The van der Waals surface area contributed by atoms with Crippen molar-refractivity contribution in [1.82, 2.24) is 5.48 Å². The maximum atomic E-state index is 12.3. The van der Waals surface area contributed by atoms with Gasteiger partial charge in [0, 0.05) is 11.3 Å². The standard InChI is InChI=1S/C17H19N2O6S/c1-11-2-4-13(5-3-11)26(21,22)24-10-12-9-23-16-7-6-15(18)14(8-19-20)17(16)25-12/h2-8,12,19-20H,9-10,18H2,1H3. The largest absolute Gasteiger partial charge is 0.486 e. The highest BCUT2D eigenvalue weighted by molar-refractivity contribution is 7.86. The first kappa shape index (κ1) is 18.5. The molecule has 0 saturated carbocycles. The summed E-state index contributed by atoms with van der Waals surface area (Å²) in [4.78, 5) is 0.0722. The first-order valence-electron chi connectivity index (χ1n) is 7.81. The zero-order valence-electron chi connectivity index (χ0n) is 14.0. The van der Waals surface area contributed by atoms with Crippen LogP contribution in [0, 0.1) is 13.5 Å². The third-order valence-electron chi connectivity index (χ3n) is 3.83. The lowest BCUT2D eigenvalue weighted by Crippen LogP contribution is -2.35.